The number of benzene rings is 1. The summed E-state index contributed by atoms with van der Waals surface area (Å²) >= 11 is 0. The molecule has 2 aromatic rings. The molecule has 2 N–H and O–H groups in total. The minimum absolute atomic E-state index is 0.616. The largest absolute Gasteiger partial charge is 0.331 e. The fourth-order valence-corrected chi connectivity index (χ4v) is 3.19. The second-order valence-electron chi connectivity index (χ2n) is 5.47. The Labute approximate surface area is 108 Å². The summed E-state index contributed by atoms with van der Waals surface area (Å²) in [4.78, 5) is 4.82. The van der Waals surface area contributed by atoms with Crippen molar-refractivity contribution in [1.29, 1.82) is 0 Å². The van der Waals surface area contributed by atoms with Crippen LogP contribution in [0.4, 0.5) is 0 Å². The molecule has 1 aromatic carbocycles. The summed E-state index contributed by atoms with van der Waals surface area (Å²) in [5.41, 5.74) is 8.12. The van der Waals surface area contributed by atoms with E-state index in [4.69, 9.17) is 10.7 Å². The van der Waals surface area contributed by atoms with Crippen molar-refractivity contribution in [3.05, 3.63) is 30.1 Å². The lowest BCUT2D eigenvalue weighted by molar-refractivity contribution is 0.323. The van der Waals surface area contributed by atoms with Gasteiger partial charge in [0.15, 0.2) is 0 Å². The van der Waals surface area contributed by atoms with Crippen LogP contribution in [0.2, 0.25) is 0 Å². The third-order valence-electron chi connectivity index (χ3n) is 4.37. The van der Waals surface area contributed by atoms with Crippen molar-refractivity contribution in [3.63, 3.8) is 0 Å². The van der Waals surface area contributed by atoms with Crippen LogP contribution in [-0.2, 0) is 7.05 Å². The number of hydrogen-bond acceptors (Lipinski definition) is 2. The van der Waals surface area contributed by atoms with Crippen molar-refractivity contribution in [2.45, 2.75) is 31.6 Å². The summed E-state index contributed by atoms with van der Waals surface area (Å²) in [5.74, 6) is 2.60. The molecular formula is C15H21N3. The fraction of sp³-hybridized carbons (Fsp3) is 0.533. The number of hydrogen-bond donors (Lipinski definition) is 1. The van der Waals surface area contributed by atoms with Gasteiger partial charge < -0.3 is 10.3 Å². The van der Waals surface area contributed by atoms with E-state index in [2.05, 4.69) is 35.9 Å². The van der Waals surface area contributed by atoms with Crippen molar-refractivity contribution in [2.75, 3.05) is 6.54 Å². The number of rotatable bonds is 2. The second-order valence-corrected chi connectivity index (χ2v) is 5.47. The van der Waals surface area contributed by atoms with Crippen LogP contribution in [0.25, 0.3) is 11.0 Å². The lowest BCUT2D eigenvalue weighted by atomic mass is 9.81. The average Bonchev–Trinajstić information content (AvgIpc) is 2.77. The van der Waals surface area contributed by atoms with Crippen LogP contribution in [0.5, 0.6) is 0 Å². The molecule has 1 fully saturated rings. The predicted octanol–water partition coefficient (Wildman–Crippen LogP) is 2.81. The lowest BCUT2D eigenvalue weighted by Crippen LogP contribution is -2.21. The molecule has 0 amide bonds. The van der Waals surface area contributed by atoms with Gasteiger partial charge in [-0.2, -0.15) is 0 Å². The van der Waals surface area contributed by atoms with Gasteiger partial charge in [-0.1, -0.05) is 12.1 Å². The lowest BCUT2D eigenvalue weighted by Gasteiger charge is -2.27. The molecule has 1 heterocycles. The third kappa shape index (κ3) is 1.93. The Morgan fingerprint density at radius 3 is 2.61 bits per heavy atom. The third-order valence-corrected chi connectivity index (χ3v) is 4.37. The molecule has 0 radical (unpaired) electrons. The van der Waals surface area contributed by atoms with Gasteiger partial charge in [0.2, 0.25) is 0 Å². The van der Waals surface area contributed by atoms with E-state index in [0.29, 0.717) is 5.92 Å². The Balaban J connectivity index is 1.89. The minimum Gasteiger partial charge on any atom is -0.331 e. The zero-order chi connectivity index (χ0) is 12.5. The van der Waals surface area contributed by atoms with Crippen LogP contribution in [0, 0.1) is 5.92 Å². The first-order valence-electron chi connectivity index (χ1n) is 6.91. The average molecular weight is 243 g/mol. The van der Waals surface area contributed by atoms with Gasteiger partial charge in [0, 0.05) is 13.0 Å². The second kappa shape index (κ2) is 4.73. The summed E-state index contributed by atoms with van der Waals surface area (Å²) in [7, 11) is 2.14. The fourth-order valence-electron chi connectivity index (χ4n) is 3.19. The molecule has 1 aromatic heterocycles. The molecule has 18 heavy (non-hydrogen) atoms. The van der Waals surface area contributed by atoms with Gasteiger partial charge >= 0.3 is 0 Å². The van der Waals surface area contributed by atoms with E-state index < -0.39 is 0 Å². The molecule has 3 rings (SSSR count). The van der Waals surface area contributed by atoms with Gasteiger partial charge in [0.25, 0.3) is 0 Å². The standard InChI is InChI=1S/C15H21N3/c1-18-14-5-3-2-4-13(14)17-15(18)12-8-6-11(10-16)7-9-12/h2-5,11-12H,6-10,16H2,1H3. The van der Waals surface area contributed by atoms with E-state index in [1.807, 2.05) is 0 Å². The van der Waals surface area contributed by atoms with Gasteiger partial charge in [-0.05, 0) is 50.3 Å². The number of nitrogens with zero attached hydrogens (tertiary/aromatic N) is 2. The molecule has 1 aliphatic rings. The molecule has 3 heteroatoms. The maximum Gasteiger partial charge on any atom is 0.112 e. The molecule has 1 aliphatic carbocycles. The van der Waals surface area contributed by atoms with Gasteiger partial charge in [-0.25, -0.2) is 4.98 Å². The Morgan fingerprint density at radius 1 is 1.22 bits per heavy atom. The highest BCUT2D eigenvalue weighted by molar-refractivity contribution is 5.75. The maximum atomic E-state index is 5.76. The van der Waals surface area contributed by atoms with Crippen LogP contribution >= 0.6 is 0 Å². The van der Waals surface area contributed by atoms with E-state index in [-0.39, 0.29) is 0 Å². The van der Waals surface area contributed by atoms with E-state index >= 15 is 0 Å². The molecule has 1 saturated carbocycles. The maximum absolute atomic E-state index is 5.76. The van der Waals surface area contributed by atoms with Crippen LogP contribution in [0.15, 0.2) is 24.3 Å². The van der Waals surface area contributed by atoms with E-state index in [1.165, 1.54) is 37.0 Å². The van der Waals surface area contributed by atoms with Gasteiger partial charge in [-0.15, -0.1) is 0 Å². The Kier molecular flexibility index (Phi) is 3.08. The highest BCUT2D eigenvalue weighted by Gasteiger charge is 2.25. The summed E-state index contributed by atoms with van der Waals surface area (Å²) in [6.45, 7) is 0.843. The molecule has 0 saturated heterocycles. The van der Waals surface area contributed by atoms with Crippen LogP contribution in [0.1, 0.15) is 37.4 Å². The van der Waals surface area contributed by atoms with Gasteiger partial charge in [-0.3, -0.25) is 0 Å². The van der Waals surface area contributed by atoms with Crippen molar-refractivity contribution in [1.82, 2.24) is 9.55 Å². The quantitative estimate of drug-likeness (QED) is 0.881. The summed E-state index contributed by atoms with van der Waals surface area (Å²) < 4.78 is 2.27. The van der Waals surface area contributed by atoms with Gasteiger partial charge in [0.05, 0.1) is 11.0 Å². The number of imidazole rings is 1. The number of aromatic nitrogens is 2. The first-order valence-corrected chi connectivity index (χ1v) is 6.91. The molecular weight excluding hydrogens is 222 g/mol. The topological polar surface area (TPSA) is 43.8 Å². The summed E-state index contributed by atoms with van der Waals surface area (Å²) in [6, 6.07) is 8.39. The monoisotopic (exact) mass is 243 g/mol. The van der Waals surface area contributed by atoms with Gasteiger partial charge in [0.1, 0.15) is 5.82 Å². The van der Waals surface area contributed by atoms with Crippen LogP contribution in [0.3, 0.4) is 0 Å². The summed E-state index contributed by atoms with van der Waals surface area (Å²) in [6.07, 6.45) is 4.98. The van der Waals surface area contributed by atoms with Crippen LogP contribution < -0.4 is 5.73 Å². The summed E-state index contributed by atoms with van der Waals surface area (Å²) in [5, 5.41) is 0. The molecule has 3 nitrogen and oxygen atoms in total. The molecule has 0 spiro atoms. The van der Waals surface area contributed by atoms with Crippen LogP contribution in [-0.4, -0.2) is 16.1 Å². The molecule has 96 valence electrons. The Bertz CT molecular complexity index is 536. The SMILES string of the molecule is Cn1c(C2CCC(CN)CC2)nc2ccccc21. The van der Waals surface area contributed by atoms with Crippen molar-refractivity contribution in [2.24, 2.45) is 18.7 Å². The first kappa shape index (κ1) is 11.7. The van der Waals surface area contributed by atoms with Crippen molar-refractivity contribution >= 4 is 11.0 Å². The predicted molar refractivity (Wildman–Crippen MR) is 74.5 cm³/mol. The first-order chi connectivity index (χ1) is 8.79. The van der Waals surface area contributed by atoms with Crippen molar-refractivity contribution < 1.29 is 0 Å². The highest BCUT2D eigenvalue weighted by Crippen LogP contribution is 2.35. The van der Waals surface area contributed by atoms with E-state index in [1.54, 1.807) is 0 Å². The minimum atomic E-state index is 0.616. The number of para-hydroxylation sites is 2. The molecule has 0 bridgehead atoms. The Morgan fingerprint density at radius 2 is 1.94 bits per heavy atom. The normalized spacial score (nSPS) is 24.6. The molecule has 0 atom stereocenters. The number of fused-ring (bicyclic) bond motifs is 1. The number of aryl methyl sites for hydroxylation is 1. The van der Waals surface area contributed by atoms with E-state index in [0.717, 1.165) is 18.0 Å². The zero-order valence-corrected chi connectivity index (χ0v) is 11.0. The van der Waals surface area contributed by atoms with Crippen molar-refractivity contribution in [3.8, 4) is 0 Å². The smallest absolute Gasteiger partial charge is 0.112 e. The Hall–Kier alpha value is -1.35. The van der Waals surface area contributed by atoms with E-state index in [9.17, 15) is 0 Å². The molecule has 0 aliphatic heterocycles. The molecule has 0 unspecified atom stereocenters. The number of nitrogens with two attached hydrogens (primary N) is 1. The highest BCUT2D eigenvalue weighted by atomic mass is 15.1. The zero-order valence-electron chi connectivity index (χ0n) is 11.0.